The van der Waals surface area contributed by atoms with Gasteiger partial charge in [0.25, 0.3) is 0 Å². The minimum absolute atomic E-state index is 0.0812. The van der Waals surface area contributed by atoms with Crippen LogP contribution in [-0.4, -0.2) is 15.2 Å². The van der Waals surface area contributed by atoms with Crippen LogP contribution in [-0.2, 0) is 19.6 Å². The summed E-state index contributed by atoms with van der Waals surface area (Å²) in [5.41, 5.74) is 0.714. The Hall–Kier alpha value is -1.40. The first-order chi connectivity index (χ1) is 9.22. The number of halogens is 1. The smallest absolute Gasteiger partial charge is 0.226 e. The summed E-state index contributed by atoms with van der Waals surface area (Å²) in [4.78, 5) is 4.21. The van der Waals surface area contributed by atoms with Gasteiger partial charge in [-0.25, -0.2) is 0 Å². The average molecular weight is 327 g/mol. The maximum absolute atomic E-state index is 9.26. The van der Waals surface area contributed by atoms with Gasteiger partial charge in [0.2, 0.25) is 11.7 Å². The summed E-state index contributed by atoms with van der Waals surface area (Å²) in [6.45, 7) is 2.19. The highest BCUT2D eigenvalue weighted by Crippen LogP contribution is 2.23. The number of aryl methyl sites for hydroxylation is 1. The van der Waals surface area contributed by atoms with Crippen LogP contribution in [0.2, 0.25) is 0 Å². The van der Waals surface area contributed by atoms with Gasteiger partial charge in [0.15, 0.2) is 6.61 Å². The first kappa shape index (κ1) is 14.0. The lowest BCUT2D eigenvalue weighted by Crippen LogP contribution is -2.00. The van der Waals surface area contributed by atoms with Crippen molar-refractivity contribution in [2.75, 3.05) is 0 Å². The molecule has 1 aromatic heterocycles. The second kappa shape index (κ2) is 6.68. The van der Waals surface area contributed by atoms with Gasteiger partial charge in [0, 0.05) is 16.5 Å². The van der Waals surface area contributed by atoms with Gasteiger partial charge in [0.05, 0.1) is 6.61 Å². The van der Waals surface area contributed by atoms with E-state index in [-0.39, 0.29) is 13.2 Å². The zero-order valence-corrected chi connectivity index (χ0v) is 12.2. The molecule has 0 aliphatic heterocycles. The number of nitrogens with zero attached hydrogens (tertiary/aromatic N) is 2. The van der Waals surface area contributed by atoms with Gasteiger partial charge in [-0.05, 0) is 24.6 Å². The Kier molecular flexibility index (Phi) is 4.93. The van der Waals surface area contributed by atoms with E-state index in [0.29, 0.717) is 23.0 Å². The molecule has 1 aromatic carbocycles. The summed E-state index contributed by atoms with van der Waals surface area (Å²) in [7, 11) is 0. The Morgan fingerprint density at radius 2 is 2.26 bits per heavy atom. The Morgan fingerprint density at radius 1 is 1.42 bits per heavy atom. The molecule has 0 bridgehead atoms. The van der Waals surface area contributed by atoms with E-state index in [4.69, 9.17) is 9.26 Å². The highest BCUT2D eigenvalue weighted by molar-refractivity contribution is 9.10. The molecule has 6 heteroatoms. The van der Waals surface area contributed by atoms with E-state index in [1.807, 2.05) is 12.1 Å². The second-order valence-corrected chi connectivity index (χ2v) is 4.97. The molecule has 0 atom stereocenters. The number of aliphatic hydroxyl groups excluding tert-OH is 1. The highest BCUT2D eigenvalue weighted by atomic mass is 79.9. The second-order valence-electron chi connectivity index (χ2n) is 4.05. The highest BCUT2D eigenvalue weighted by Gasteiger charge is 2.08. The molecule has 2 rings (SSSR count). The van der Waals surface area contributed by atoms with Gasteiger partial charge in [-0.2, -0.15) is 4.98 Å². The van der Waals surface area contributed by atoms with Crippen molar-refractivity contribution < 1.29 is 14.4 Å². The molecule has 0 saturated carbocycles. The average Bonchev–Trinajstić information content (AvgIpc) is 2.85. The Morgan fingerprint density at radius 3 is 3.00 bits per heavy atom. The van der Waals surface area contributed by atoms with Gasteiger partial charge in [-0.1, -0.05) is 28.0 Å². The molecule has 0 aliphatic carbocycles. The molecule has 0 unspecified atom stereocenters. The van der Waals surface area contributed by atoms with Crippen LogP contribution in [0.15, 0.2) is 27.2 Å². The van der Waals surface area contributed by atoms with Crippen molar-refractivity contribution in [1.82, 2.24) is 10.1 Å². The van der Waals surface area contributed by atoms with E-state index in [0.717, 1.165) is 17.3 Å². The summed E-state index contributed by atoms with van der Waals surface area (Å²) in [5.74, 6) is 1.75. The SMILES string of the molecule is CCCc1nc(COc2ccc(Br)cc2CO)no1. The van der Waals surface area contributed by atoms with Crippen LogP contribution in [0, 0.1) is 0 Å². The summed E-state index contributed by atoms with van der Waals surface area (Å²) in [5, 5.41) is 13.1. The lowest BCUT2D eigenvalue weighted by atomic mass is 10.2. The molecule has 0 amide bonds. The number of hydrogen-bond donors (Lipinski definition) is 1. The fourth-order valence-electron chi connectivity index (χ4n) is 1.62. The third kappa shape index (κ3) is 3.78. The van der Waals surface area contributed by atoms with Crippen LogP contribution < -0.4 is 4.74 Å². The van der Waals surface area contributed by atoms with E-state index in [1.165, 1.54) is 0 Å². The minimum Gasteiger partial charge on any atom is -0.485 e. The van der Waals surface area contributed by atoms with Gasteiger partial charge in [-0.3, -0.25) is 0 Å². The van der Waals surface area contributed by atoms with Crippen LogP contribution >= 0.6 is 15.9 Å². The standard InChI is InChI=1S/C13H15BrN2O3/c1-2-3-13-15-12(16-19-13)8-18-11-5-4-10(14)6-9(11)7-17/h4-6,17H,2-3,7-8H2,1H3. The van der Waals surface area contributed by atoms with Crippen molar-refractivity contribution >= 4 is 15.9 Å². The van der Waals surface area contributed by atoms with E-state index < -0.39 is 0 Å². The number of aromatic nitrogens is 2. The zero-order chi connectivity index (χ0) is 13.7. The van der Waals surface area contributed by atoms with Crippen LogP contribution in [0.4, 0.5) is 0 Å². The van der Waals surface area contributed by atoms with Crippen LogP contribution in [0.1, 0.15) is 30.6 Å². The van der Waals surface area contributed by atoms with Crippen molar-refractivity contribution in [3.63, 3.8) is 0 Å². The number of aliphatic hydroxyl groups is 1. The van der Waals surface area contributed by atoms with Crippen molar-refractivity contribution in [3.05, 3.63) is 40.0 Å². The Bertz CT molecular complexity index is 542. The molecule has 0 aliphatic rings. The van der Waals surface area contributed by atoms with Crippen molar-refractivity contribution in [2.45, 2.75) is 33.0 Å². The quantitative estimate of drug-likeness (QED) is 0.883. The van der Waals surface area contributed by atoms with Crippen LogP contribution in [0.3, 0.4) is 0 Å². The van der Waals surface area contributed by atoms with Crippen molar-refractivity contribution in [2.24, 2.45) is 0 Å². The normalized spacial score (nSPS) is 10.7. The zero-order valence-electron chi connectivity index (χ0n) is 10.6. The molecule has 1 heterocycles. The molecular formula is C13H15BrN2O3. The van der Waals surface area contributed by atoms with Crippen LogP contribution in [0.25, 0.3) is 0 Å². The number of benzene rings is 1. The predicted octanol–water partition coefficient (Wildman–Crippen LogP) is 2.86. The molecule has 2 aromatic rings. The topological polar surface area (TPSA) is 68.4 Å². The van der Waals surface area contributed by atoms with E-state index in [9.17, 15) is 5.11 Å². The summed E-state index contributed by atoms with van der Waals surface area (Å²) in [6.07, 6.45) is 1.73. The molecule has 1 N–H and O–H groups in total. The largest absolute Gasteiger partial charge is 0.485 e. The fraction of sp³-hybridized carbons (Fsp3) is 0.385. The first-order valence-corrected chi connectivity index (χ1v) is 6.85. The monoisotopic (exact) mass is 326 g/mol. The maximum Gasteiger partial charge on any atom is 0.226 e. The number of hydrogen-bond acceptors (Lipinski definition) is 5. The summed E-state index contributed by atoms with van der Waals surface area (Å²) < 4.78 is 11.6. The first-order valence-electron chi connectivity index (χ1n) is 6.06. The molecule has 5 nitrogen and oxygen atoms in total. The van der Waals surface area contributed by atoms with E-state index in [2.05, 4.69) is 33.0 Å². The van der Waals surface area contributed by atoms with E-state index in [1.54, 1.807) is 6.07 Å². The maximum atomic E-state index is 9.26. The molecule has 0 radical (unpaired) electrons. The molecule has 19 heavy (non-hydrogen) atoms. The number of ether oxygens (including phenoxy) is 1. The summed E-state index contributed by atoms with van der Waals surface area (Å²) in [6, 6.07) is 5.46. The number of rotatable bonds is 6. The molecule has 102 valence electrons. The third-order valence-corrected chi connectivity index (χ3v) is 3.02. The van der Waals surface area contributed by atoms with Crippen molar-refractivity contribution in [3.8, 4) is 5.75 Å². The van der Waals surface area contributed by atoms with E-state index >= 15 is 0 Å². The summed E-state index contributed by atoms with van der Waals surface area (Å²) >= 11 is 3.35. The predicted molar refractivity (Wildman–Crippen MR) is 72.7 cm³/mol. The molecule has 0 spiro atoms. The fourth-order valence-corrected chi connectivity index (χ4v) is 2.03. The molecular weight excluding hydrogens is 312 g/mol. The lowest BCUT2D eigenvalue weighted by Gasteiger charge is -2.08. The van der Waals surface area contributed by atoms with Gasteiger partial charge >= 0.3 is 0 Å². The van der Waals surface area contributed by atoms with Gasteiger partial charge in [0.1, 0.15) is 5.75 Å². The van der Waals surface area contributed by atoms with Crippen molar-refractivity contribution in [1.29, 1.82) is 0 Å². The third-order valence-electron chi connectivity index (χ3n) is 2.52. The molecule has 0 saturated heterocycles. The van der Waals surface area contributed by atoms with Gasteiger partial charge < -0.3 is 14.4 Å². The lowest BCUT2D eigenvalue weighted by molar-refractivity contribution is 0.252. The molecule has 0 fully saturated rings. The Balaban J connectivity index is 2.01. The Labute approximate surface area is 119 Å². The minimum atomic E-state index is -0.0812. The van der Waals surface area contributed by atoms with Gasteiger partial charge in [-0.15, -0.1) is 0 Å². The van der Waals surface area contributed by atoms with Crippen LogP contribution in [0.5, 0.6) is 5.75 Å².